The van der Waals surface area contributed by atoms with Crippen LogP contribution in [-0.4, -0.2) is 51.5 Å². The molecule has 1 aliphatic heterocycles. The summed E-state index contributed by atoms with van der Waals surface area (Å²) in [5, 5.41) is 7.42. The number of aliphatic carboxylic acids is 1. The number of hydrogen-bond donors (Lipinski definition) is 1. The van der Waals surface area contributed by atoms with Gasteiger partial charge in [-0.05, 0) is 43.9 Å². The molecule has 142 valence electrons. The van der Waals surface area contributed by atoms with Crippen LogP contribution in [0.15, 0.2) is 6.20 Å². The first-order valence-electron chi connectivity index (χ1n) is 9.42. The number of aromatic nitrogens is 2. The molecule has 26 heavy (non-hydrogen) atoms. The fraction of sp³-hybridized carbons (Fsp3) is 0.684. The van der Waals surface area contributed by atoms with Crippen molar-refractivity contribution in [2.24, 2.45) is 11.8 Å². The summed E-state index contributed by atoms with van der Waals surface area (Å²) < 4.78 is 5.89. The van der Waals surface area contributed by atoms with Crippen LogP contribution in [0.2, 0.25) is 0 Å². The van der Waals surface area contributed by atoms with Gasteiger partial charge in [-0.1, -0.05) is 6.92 Å². The number of carbonyl (C=O) groups excluding carboxylic acids is 1. The number of carboxylic acid groups (broad SMARTS) is 1. The topological polar surface area (TPSA) is 92.6 Å². The van der Waals surface area contributed by atoms with E-state index in [1.165, 1.54) is 12.8 Å². The molecule has 1 amide bonds. The van der Waals surface area contributed by atoms with Crippen LogP contribution in [0.4, 0.5) is 0 Å². The summed E-state index contributed by atoms with van der Waals surface area (Å²) in [7, 11) is 0. The summed E-state index contributed by atoms with van der Waals surface area (Å²) in [6, 6.07) is 0. The minimum Gasteiger partial charge on any atom is -0.481 e. The molecule has 4 rings (SSSR count). The van der Waals surface area contributed by atoms with Gasteiger partial charge in [0.1, 0.15) is 5.69 Å². The normalized spacial score (nSPS) is 21.8. The Bertz CT molecular complexity index is 667. The molecule has 2 saturated carbocycles. The largest absolute Gasteiger partial charge is 0.481 e. The van der Waals surface area contributed by atoms with Crippen LogP contribution in [0.3, 0.4) is 0 Å². The third-order valence-corrected chi connectivity index (χ3v) is 4.81. The molecule has 2 heterocycles. The Balaban J connectivity index is 0.000000447. The number of nitrogens with zero attached hydrogens (tertiary/aromatic N) is 3. The summed E-state index contributed by atoms with van der Waals surface area (Å²) in [5.74, 6) is 1.50. The van der Waals surface area contributed by atoms with E-state index in [0.717, 1.165) is 45.0 Å². The molecule has 1 unspecified atom stereocenters. The van der Waals surface area contributed by atoms with Gasteiger partial charge in [0, 0.05) is 25.9 Å². The molecule has 0 radical (unpaired) electrons. The van der Waals surface area contributed by atoms with Gasteiger partial charge < -0.3 is 14.7 Å². The van der Waals surface area contributed by atoms with Gasteiger partial charge in [0.2, 0.25) is 5.88 Å². The fourth-order valence-electron chi connectivity index (χ4n) is 2.99. The Kier molecular flexibility index (Phi) is 5.74. The average molecular weight is 361 g/mol. The molecule has 0 spiro atoms. The molecule has 7 heteroatoms. The van der Waals surface area contributed by atoms with E-state index in [4.69, 9.17) is 14.6 Å². The standard InChI is InChI=1S/C17H23N3O2.C2H4O2/c1-11-6-7-20(9-11)17(21)14-8-18-15(13-4-5-13)16(19-14)22-10-12-2-3-12;1-2(3)4/h8,11-13H,2-7,9-10H2,1H3;1H3,(H,3,4). The number of ether oxygens (including phenoxy) is 1. The zero-order chi connectivity index (χ0) is 18.7. The fourth-order valence-corrected chi connectivity index (χ4v) is 2.99. The second kappa shape index (κ2) is 8.01. The maximum absolute atomic E-state index is 12.6. The minimum atomic E-state index is -0.833. The van der Waals surface area contributed by atoms with E-state index in [-0.39, 0.29) is 5.91 Å². The number of likely N-dealkylation sites (tertiary alicyclic amines) is 1. The Morgan fingerprint density at radius 2 is 1.96 bits per heavy atom. The Hall–Kier alpha value is -2.18. The van der Waals surface area contributed by atoms with Crippen molar-refractivity contribution >= 4 is 11.9 Å². The van der Waals surface area contributed by atoms with Crippen molar-refractivity contribution in [3.63, 3.8) is 0 Å². The highest BCUT2D eigenvalue weighted by Gasteiger charge is 2.32. The van der Waals surface area contributed by atoms with Gasteiger partial charge in [-0.2, -0.15) is 0 Å². The highest BCUT2D eigenvalue weighted by molar-refractivity contribution is 5.92. The lowest BCUT2D eigenvalue weighted by molar-refractivity contribution is -0.134. The molecule has 0 bridgehead atoms. The van der Waals surface area contributed by atoms with Crippen molar-refractivity contribution in [1.29, 1.82) is 0 Å². The second-order valence-electron chi connectivity index (χ2n) is 7.64. The van der Waals surface area contributed by atoms with E-state index in [1.807, 2.05) is 4.90 Å². The lowest BCUT2D eigenvalue weighted by Gasteiger charge is -2.16. The molecule has 3 aliphatic rings. The van der Waals surface area contributed by atoms with Crippen LogP contribution in [-0.2, 0) is 4.79 Å². The van der Waals surface area contributed by atoms with Crippen molar-refractivity contribution in [1.82, 2.24) is 14.9 Å². The van der Waals surface area contributed by atoms with E-state index in [2.05, 4.69) is 16.9 Å². The van der Waals surface area contributed by atoms with Crippen LogP contribution in [0, 0.1) is 11.8 Å². The van der Waals surface area contributed by atoms with E-state index in [1.54, 1.807) is 6.20 Å². The molecule has 7 nitrogen and oxygen atoms in total. The lowest BCUT2D eigenvalue weighted by Crippen LogP contribution is -2.29. The van der Waals surface area contributed by atoms with Crippen molar-refractivity contribution in [3.8, 4) is 5.88 Å². The third kappa shape index (κ3) is 5.16. The Morgan fingerprint density at radius 1 is 1.27 bits per heavy atom. The molecule has 1 aromatic heterocycles. The summed E-state index contributed by atoms with van der Waals surface area (Å²) in [5.41, 5.74) is 1.39. The summed E-state index contributed by atoms with van der Waals surface area (Å²) in [6.45, 7) is 5.62. The van der Waals surface area contributed by atoms with Gasteiger partial charge >= 0.3 is 0 Å². The zero-order valence-electron chi connectivity index (χ0n) is 15.5. The number of carboxylic acids is 1. The number of carbonyl (C=O) groups is 2. The molecular formula is C19H27N3O4. The van der Waals surface area contributed by atoms with Gasteiger partial charge in [-0.25, -0.2) is 4.98 Å². The maximum atomic E-state index is 12.6. The number of rotatable bonds is 5. The maximum Gasteiger partial charge on any atom is 0.300 e. The molecule has 1 saturated heterocycles. The zero-order valence-corrected chi connectivity index (χ0v) is 15.5. The van der Waals surface area contributed by atoms with Crippen molar-refractivity contribution < 1.29 is 19.4 Å². The number of hydrogen-bond acceptors (Lipinski definition) is 5. The van der Waals surface area contributed by atoms with Crippen molar-refractivity contribution in [3.05, 3.63) is 17.6 Å². The molecule has 2 aliphatic carbocycles. The predicted molar refractivity (Wildman–Crippen MR) is 95.2 cm³/mol. The van der Waals surface area contributed by atoms with Gasteiger partial charge in [-0.15, -0.1) is 0 Å². The molecule has 3 fully saturated rings. The highest BCUT2D eigenvalue weighted by atomic mass is 16.5. The Labute approximate surface area is 153 Å². The van der Waals surface area contributed by atoms with Crippen LogP contribution >= 0.6 is 0 Å². The molecule has 1 atom stereocenters. The molecular weight excluding hydrogens is 334 g/mol. The first kappa shape index (κ1) is 18.6. The third-order valence-electron chi connectivity index (χ3n) is 4.81. The average Bonchev–Trinajstić information content (AvgIpc) is 3.51. The van der Waals surface area contributed by atoms with Gasteiger partial charge in [0.25, 0.3) is 11.9 Å². The Morgan fingerprint density at radius 3 is 2.50 bits per heavy atom. The summed E-state index contributed by atoms with van der Waals surface area (Å²) >= 11 is 0. The summed E-state index contributed by atoms with van der Waals surface area (Å²) in [4.78, 5) is 32.5. The lowest BCUT2D eigenvalue weighted by atomic mass is 10.2. The first-order chi connectivity index (χ1) is 12.4. The highest BCUT2D eigenvalue weighted by Crippen LogP contribution is 2.43. The second-order valence-corrected chi connectivity index (χ2v) is 7.64. The van der Waals surface area contributed by atoms with Crippen LogP contribution in [0.5, 0.6) is 5.88 Å². The minimum absolute atomic E-state index is 0.00420. The molecule has 0 aromatic carbocycles. The van der Waals surface area contributed by atoms with Crippen molar-refractivity contribution in [2.45, 2.75) is 51.9 Å². The smallest absolute Gasteiger partial charge is 0.300 e. The predicted octanol–water partition coefficient (Wildman–Crippen LogP) is 2.72. The molecule has 1 aromatic rings. The van der Waals surface area contributed by atoms with Crippen LogP contribution < -0.4 is 4.74 Å². The number of amides is 1. The SMILES string of the molecule is CC(=O)O.CC1CCN(C(=O)c2cnc(C3CC3)c(OCC3CC3)n2)C1. The van der Waals surface area contributed by atoms with E-state index in [9.17, 15) is 4.79 Å². The quantitative estimate of drug-likeness (QED) is 0.867. The van der Waals surface area contributed by atoms with Crippen LogP contribution in [0.1, 0.15) is 68.1 Å². The van der Waals surface area contributed by atoms with Gasteiger partial charge in [0.15, 0.2) is 5.69 Å². The summed E-state index contributed by atoms with van der Waals surface area (Å²) in [6.07, 6.45) is 7.52. The van der Waals surface area contributed by atoms with E-state index >= 15 is 0 Å². The molecule has 1 N–H and O–H groups in total. The first-order valence-corrected chi connectivity index (χ1v) is 9.42. The van der Waals surface area contributed by atoms with Gasteiger partial charge in [0.05, 0.1) is 12.8 Å². The van der Waals surface area contributed by atoms with E-state index < -0.39 is 5.97 Å². The van der Waals surface area contributed by atoms with Crippen LogP contribution in [0.25, 0.3) is 0 Å². The monoisotopic (exact) mass is 361 g/mol. The van der Waals surface area contributed by atoms with E-state index in [0.29, 0.717) is 35.9 Å². The van der Waals surface area contributed by atoms with Gasteiger partial charge in [-0.3, -0.25) is 14.6 Å². The van der Waals surface area contributed by atoms with Crippen molar-refractivity contribution in [2.75, 3.05) is 19.7 Å².